The van der Waals surface area contributed by atoms with Gasteiger partial charge >= 0.3 is 0 Å². The summed E-state index contributed by atoms with van der Waals surface area (Å²) in [6.07, 6.45) is 2.47. The van der Waals surface area contributed by atoms with E-state index < -0.39 is 5.82 Å². The molecular weight excluding hydrogens is 169 g/mol. The van der Waals surface area contributed by atoms with E-state index in [1.807, 2.05) is 0 Å². The standard InChI is InChI=1S/C10H12FNO/c11-9-4-7-3-8(12)2-1-6(7)5-10(9)13/h4-5,8,13H,1-3,12H2. The van der Waals surface area contributed by atoms with Crippen LogP contribution in [0.3, 0.4) is 0 Å². The summed E-state index contributed by atoms with van der Waals surface area (Å²) >= 11 is 0. The molecule has 0 aromatic heterocycles. The van der Waals surface area contributed by atoms with E-state index in [-0.39, 0.29) is 11.8 Å². The molecule has 1 unspecified atom stereocenters. The van der Waals surface area contributed by atoms with Gasteiger partial charge in [-0.05, 0) is 42.5 Å². The summed E-state index contributed by atoms with van der Waals surface area (Å²) in [5, 5.41) is 9.13. The van der Waals surface area contributed by atoms with Crippen molar-refractivity contribution in [1.82, 2.24) is 0 Å². The van der Waals surface area contributed by atoms with Crippen LogP contribution >= 0.6 is 0 Å². The summed E-state index contributed by atoms with van der Waals surface area (Å²) in [7, 11) is 0. The van der Waals surface area contributed by atoms with Gasteiger partial charge in [-0.25, -0.2) is 4.39 Å². The number of benzene rings is 1. The highest BCUT2D eigenvalue weighted by Gasteiger charge is 2.17. The van der Waals surface area contributed by atoms with Crippen LogP contribution in [0.15, 0.2) is 12.1 Å². The lowest BCUT2D eigenvalue weighted by molar-refractivity contribution is 0.428. The summed E-state index contributed by atoms with van der Waals surface area (Å²) in [6, 6.07) is 3.04. The molecule has 0 spiro atoms. The number of phenols is 1. The van der Waals surface area contributed by atoms with Crippen LogP contribution < -0.4 is 5.73 Å². The lowest BCUT2D eigenvalue weighted by atomic mass is 9.88. The molecule has 3 N–H and O–H groups in total. The molecule has 2 rings (SSSR count). The molecule has 0 saturated carbocycles. The van der Waals surface area contributed by atoms with Crippen LogP contribution in [-0.2, 0) is 12.8 Å². The third-order valence-electron chi connectivity index (χ3n) is 2.54. The number of halogens is 1. The number of phenolic OH excluding ortho intramolecular Hbond substituents is 1. The predicted octanol–water partition coefficient (Wildman–Crippen LogP) is 1.35. The van der Waals surface area contributed by atoms with Gasteiger partial charge in [0.05, 0.1) is 0 Å². The smallest absolute Gasteiger partial charge is 0.165 e. The number of hydrogen-bond donors (Lipinski definition) is 2. The Morgan fingerprint density at radius 1 is 1.38 bits per heavy atom. The Labute approximate surface area is 76.2 Å². The van der Waals surface area contributed by atoms with Gasteiger partial charge in [0.25, 0.3) is 0 Å². The molecule has 1 aliphatic rings. The maximum atomic E-state index is 12.9. The van der Waals surface area contributed by atoms with Crippen molar-refractivity contribution in [2.75, 3.05) is 0 Å². The van der Waals surface area contributed by atoms with Crippen LogP contribution in [0.1, 0.15) is 17.5 Å². The van der Waals surface area contributed by atoms with Crippen LogP contribution in [-0.4, -0.2) is 11.1 Å². The first-order chi connectivity index (χ1) is 6.16. The van der Waals surface area contributed by atoms with Crippen LogP contribution in [0.2, 0.25) is 0 Å². The Hall–Kier alpha value is -1.09. The van der Waals surface area contributed by atoms with Crippen LogP contribution in [0, 0.1) is 5.82 Å². The van der Waals surface area contributed by atoms with Gasteiger partial charge < -0.3 is 10.8 Å². The predicted molar refractivity (Wildman–Crippen MR) is 48.1 cm³/mol. The van der Waals surface area contributed by atoms with Crippen molar-refractivity contribution in [3.63, 3.8) is 0 Å². The molecule has 0 fully saturated rings. The monoisotopic (exact) mass is 181 g/mol. The minimum absolute atomic E-state index is 0.136. The molecule has 0 aliphatic heterocycles. The van der Waals surface area contributed by atoms with E-state index in [0.29, 0.717) is 6.42 Å². The zero-order valence-electron chi connectivity index (χ0n) is 7.26. The molecule has 13 heavy (non-hydrogen) atoms. The third-order valence-corrected chi connectivity index (χ3v) is 2.54. The third kappa shape index (κ3) is 1.52. The van der Waals surface area contributed by atoms with Crippen molar-refractivity contribution < 1.29 is 9.50 Å². The summed E-state index contributed by atoms with van der Waals surface area (Å²) < 4.78 is 12.9. The number of rotatable bonds is 0. The second-order valence-electron chi connectivity index (χ2n) is 3.58. The summed E-state index contributed by atoms with van der Waals surface area (Å²) in [5.41, 5.74) is 7.72. The summed E-state index contributed by atoms with van der Waals surface area (Å²) in [5.74, 6) is -0.804. The minimum atomic E-state index is -0.548. The fraction of sp³-hybridized carbons (Fsp3) is 0.400. The Bertz CT molecular complexity index is 338. The van der Waals surface area contributed by atoms with E-state index in [0.717, 1.165) is 24.0 Å². The van der Waals surface area contributed by atoms with Crippen molar-refractivity contribution in [2.45, 2.75) is 25.3 Å². The summed E-state index contributed by atoms with van der Waals surface area (Å²) in [6.45, 7) is 0. The lowest BCUT2D eigenvalue weighted by Gasteiger charge is -2.21. The number of hydrogen-bond acceptors (Lipinski definition) is 2. The molecule has 1 aromatic rings. The first kappa shape index (κ1) is 8.51. The van der Waals surface area contributed by atoms with Gasteiger partial charge in [-0.2, -0.15) is 0 Å². The van der Waals surface area contributed by atoms with E-state index in [2.05, 4.69) is 0 Å². The Balaban J connectivity index is 2.43. The quantitative estimate of drug-likeness (QED) is 0.634. The van der Waals surface area contributed by atoms with Crippen molar-refractivity contribution in [1.29, 1.82) is 0 Å². The largest absolute Gasteiger partial charge is 0.505 e. The zero-order valence-corrected chi connectivity index (χ0v) is 7.26. The SMILES string of the molecule is NC1CCc2cc(O)c(F)cc2C1. The molecule has 0 heterocycles. The molecule has 0 bridgehead atoms. The highest BCUT2D eigenvalue weighted by molar-refractivity contribution is 5.38. The second kappa shape index (κ2) is 3.00. The van der Waals surface area contributed by atoms with Gasteiger partial charge in [0.1, 0.15) is 0 Å². The molecule has 0 radical (unpaired) electrons. The van der Waals surface area contributed by atoms with Crippen molar-refractivity contribution in [3.8, 4) is 5.75 Å². The molecule has 3 heteroatoms. The van der Waals surface area contributed by atoms with E-state index in [4.69, 9.17) is 10.8 Å². The molecule has 1 atom stereocenters. The molecule has 70 valence electrons. The maximum absolute atomic E-state index is 12.9. The maximum Gasteiger partial charge on any atom is 0.165 e. The van der Waals surface area contributed by atoms with Gasteiger partial charge in [0.2, 0.25) is 0 Å². The average Bonchev–Trinajstić information content (AvgIpc) is 2.08. The lowest BCUT2D eigenvalue weighted by Crippen LogP contribution is -2.27. The number of aryl methyl sites for hydroxylation is 1. The van der Waals surface area contributed by atoms with Gasteiger partial charge in [-0.3, -0.25) is 0 Å². The van der Waals surface area contributed by atoms with Gasteiger partial charge in [-0.15, -0.1) is 0 Å². The fourth-order valence-corrected chi connectivity index (χ4v) is 1.79. The fourth-order valence-electron chi connectivity index (χ4n) is 1.79. The van der Waals surface area contributed by atoms with Crippen molar-refractivity contribution >= 4 is 0 Å². The Morgan fingerprint density at radius 3 is 2.92 bits per heavy atom. The molecule has 2 nitrogen and oxygen atoms in total. The number of aromatic hydroxyl groups is 1. The van der Waals surface area contributed by atoms with Crippen molar-refractivity contribution in [3.05, 3.63) is 29.1 Å². The number of fused-ring (bicyclic) bond motifs is 1. The molecule has 0 saturated heterocycles. The van der Waals surface area contributed by atoms with E-state index in [1.54, 1.807) is 0 Å². The van der Waals surface area contributed by atoms with Crippen LogP contribution in [0.4, 0.5) is 4.39 Å². The number of nitrogens with two attached hydrogens (primary N) is 1. The summed E-state index contributed by atoms with van der Waals surface area (Å²) in [4.78, 5) is 0. The van der Waals surface area contributed by atoms with Crippen molar-refractivity contribution in [2.24, 2.45) is 5.73 Å². The second-order valence-corrected chi connectivity index (χ2v) is 3.58. The Morgan fingerprint density at radius 2 is 2.15 bits per heavy atom. The molecular formula is C10H12FNO. The normalized spacial score (nSPS) is 21.2. The highest BCUT2D eigenvalue weighted by atomic mass is 19.1. The van der Waals surface area contributed by atoms with E-state index in [9.17, 15) is 4.39 Å². The highest BCUT2D eigenvalue weighted by Crippen LogP contribution is 2.26. The zero-order chi connectivity index (χ0) is 9.42. The van der Waals surface area contributed by atoms with E-state index >= 15 is 0 Å². The van der Waals surface area contributed by atoms with Gasteiger partial charge in [0.15, 0.2) is 11.6 Å². The molecule has 1 aromatic carbocycles. The van der Waals surface area contributed by atoms with E-state index in [1.165, 1.54) is 12.1 Å². The minimum Gasteiger partial charge on any atom is -0.505 e. The average molecular weight is 181 g/mol. The molecule has 1 aliphatic carbocycles. The first-order valence-corrected chi connectivity index (χ1v) is 4.42. The topological polar surface area (TPSA) is 46.2 Å². The van der Waals surface area contributed by atoms with Crippen LogP contribution in [0.5, 0.6) is 5.75 Å². The first-order valence-electron chi connectivity index (χ1n) is 4.42. The Kier molecular flexibility index (Phi) is 1.96. The van der Waals surface area contributed by atoms with Gasteiger partial charge in [0, 0.05) is 6.04 Å². The molecule has 0 amide bonds. The van der Waals surface area contributed by atoms with Gasteiger partial charge in [-0.1, -0.05) is 0 Å². The van der Waals surface area contributed by atoms with Crippen LogP contribution in [0.25, 0.3) is 0 Å².